The van der Waals surface area contributed by atoms with Crippen LogP contribution >= 0.6 is 0 Å². The van der Waals surface area contributed by atoms with Gasteiger partial charge in [0.2, 0.25) is 0 Å². The molecule has 0 bridgehead atoms. The van der Waals surface area contributed by atoms with Gasteiger partial charge in [0.15, 0.2) is 0 Å². The Kier molecular flexibility index (Phi) is 5.28. The van der Waals surface area contributed by atoms with Crippen molar-refractivity contribution in [3.8, 4) is 5.75 Å². The van der Waals surface area contributed by atoms with Crippen molar-refractivity contribution in [2.24, 2.45) is 5.73 Å². The van der Waals surface area contributed by atoms with Gasteiger partial charge in [-0.2, -0.15) is 0 Å². The highest BCUT2D eigenvalue weighted by molar-refractivity contribution is 5.28. The Morgan fingerprint density at radius 2 is 1.62 bits per heavy atom. The number of nitrogens with two attached hydrogens (primary N) is 1. The van der Waals surface area contributed by atoms with Crippen molar-refractivity contribution in [3.63, 3.8) is 0 Å². The van der Waals surface area contributed by atoms with Gasteiger partial charge in [0, 0.05) is 12.1 Å². The molecule has 0 fully saturated rings. The minimum atomic E-state index is -0.597. The van der Waals surface area contributed by atoms with Gasteiger partial charge < -0.3 is 10.5 Å². The molecule has 2 nitrogen and oxygen atoms in total. The summed E-state index contributed by atoms with van der Waals surface area (Å²) in [5, 5.41) is 0. The van der Waals surface area contributed by atoms with Crippen molar-refractivity contribution < 1.29 is 13.5 Å². The van der Waals surface area contributed by atoms with Crippen LogP contribution in [-0.2, 0) is 13.0 Å². The lowest BCUT2D eigenvalue weighted by atomic mass is 10.1. The van der Waals surface area contributed by atoms with Crippen LogP contribution in [0.1, 0.15) is 24.5 Å². The Hall–Kier alpha value is -1.94. The Morgan fingerprint density at radius 3 is 2.19 bits per heavy atom. The summed E-state index contributed by atoms with van der Waals surface area (Å²) in [6.45, 7) is 2.11. The standard InChI is InChI=1S/C17H19F2NO/c1-12(20)2-3-13-4-6-17(7-5-13)21-11-14-8-15(18)10-16(19)9-14/h4-10,12H,2-3,11,20H2,1H3. The average molecular weight is 291 g/mol. The smallest absolute Gasteiger partial charge is 0.126 e. The largest absolute Gasteiger partial charge is 0.489 e. The molecular weight excluding hydrogens is 272 g/mol. The van der Waals surface area contributed by atoms with Crippen molar-refractivity contribution in [1.82, 2.24) is 0 Å². The van der Waals surface area contributed by atoms with Crippen LogP contribution in [0.15, 0.2) is 42.5 Å². The Balaban J connectivity index is 1.91. The summed E-state index contributed by atoms with van der Waals surface area (Å²) < 4.78 is 31.6. The molecule has 2 N–H and O–H groups in total. The molecule has 0 saturated heterocycles. The van der Waals surface area contributed by atoms with Crippen LogP contribution in [0.25, 0.3) is 0 Å². The molecule has 112 valence electrons. The number of hydrogen-bond acceptors (Lipinski definition) is 2. The molecular formula is C17H19F2NO. The van der Waals surface area contributed by atoms with E-state index in [1.165, 1.54) is 17.7 Å². The first-order valence-electron chi connectivity index (χ1n) is 6.95. The SMILES string of the molecule is CC(N)CCc1ccc(OCc2cc(F)cc(F)c2)cc1. The minimum Gasteiger partial charge on any atom is -0.489 e. The molecule has 2 aromatic rings. The van der Waals surface area contributed by atoms with Crippen LogP contribution in [0.2, 0.25) is 0 Å². The van der Waals surface area contributed by atoms with Gasteiger partial charge >= 0.3 is 0 Å². The third-order valence-electron chi connectivity index (χ3n) is 3.14. The molecule has 0 saturated carbocycles. The molecule has 0 heterocycles. The lowest BCUT2D eigenvalue weighted by Crippen LogP contribution is -2.15. The molecule has 0 aliphatic rings. The average Bonchev–Trinajstić information content (AvgIpc) is 2.43. The summed E-state index contributed by atoms with van der Waals surface area (Å²) >= 11 is 0. The number of hydrogen-bond donors (Lipinski definition) is 1. The van der Waals surface area contributed by atoms with Gasteiger partial charge in [0.05, 0.1) is 0 Å². The molecule has 0 amide bonds. The van der Waals surface area contributed by atoms with Crippen LogP contribution in [0.4, 0.5) is 8.78 Å². The van der Waals surface area contributed by atoms with Crippen molar-refractivity contribution in [2.75, 3.05) is 0 Å². The van der Waals surface area contributed by atoms with Gasteiger partial charge in [0.25, 0.3) is 0 Å². The zero-order chi connectivity index (χ0) is 15.2. The molecule has 2 aromatic carbocycles. The molecule has 0 spiro atoms. The molecule has 0 radical (unpaired) electrons. The highest BCUT2D eigenvalue weighted by Gasteiger charge is 2.02. The zero-order valence-electron chi connectivity index (χ0n) is 12.0. The highest BCUT2D eigenvalue weighted by atomic mass is 19.1. The lowest BCUT2D eigenvalue weighted by Gasteiger charge is -2.08. The fourth-order valence-corrected chi connectivity index (χ4v) is 2.01. The first-order valence-corrected chi connectivity index (χ1v) is 6.95. The van der Waals surface area contributed by atoms with E-state index in [0.717, 1.165) is 18.9 Å². The van der Waals surface area contributed by atoms with E-state index < -0.39 is 11.6 Å². The Labute approximate surface area is 123 Å². The number of aryl methyl sites for hydroxylation is 1. The van der Waals surface area contributed by atoms with Crippen LogP contribution in [0, 0.1) is 11.6 Å². The van der Waals surface area contributed by atoms with E-state index in [1.54, 1.807) is 0 Å². The number of halogens is 2. The van der Waals surface area contributed by atoms with Gasteiger partial charge in [-0.05, 0) is 55.2 Å². The van der Waals surface area contributed by atoms with Crippen molar-refractivity contribution in [1.29, 1.82) is 0 Å². The van der Waals surface area contributed by atoms with Gasteiger partial charge in [-0.25, -0.2) is 8.78 Å². The van der Waals surface area contributed by atoms with E-state index in [4.69, 9.17) is 10.5 Å². The molecule has 2 rings (SSSR count). The maximum absolute atomic E-state index is 13.1. The molecule has 0 aliphatic heterocycles. The van der Waals surface area contributed by atoms with Gasteiger partial charge in [0.1, 0.15) is 24.0 Å². The molecule has 1 unspecified atom stereocenters. The van der Waals surface area contributed by atoms with Gasteiger partial charge in [-0.1, -0.05) is 12.1 Å². The fraction of sp³-hybridized carbons (Fsp3) is 0.294. The second-order valence-electron chi connectivity index (χ2n) is 5.23. The third-order valence-corrected chi connectivity index (χ3v) is 3.14. The van der Waals surface area contributed by atoms with Gasteiger partial charge in [-0.3, -0.25) is 0 Å². The quantitative estimate of drug-likeness (QED) is 0.878. The molecule has 1 atom stereocenters. The first-order chi connectivity index (χ1) is 10.0. The lowest BCUT2D eigenvalue weighted by molar-refractivity contribution is 0.304. The molecule has 4 heteroatoms. The Morgan fingerprint density at radius 1 is 1.00 bits per heavy atom. The summed E-state index contributed by atoms with van der Waals surface area (Å²) in [5.41, 5.74) is 7.38. The predicted octanol–water partition coefficient (Wildman–Crippen LogP) is 3.82. The molecule has 0 aliphatic carbocycles. The summed E-state index contributed by atoms with van der Waals surface area (Å²) in [6, 6.07) is 11.2. The molecule has 0 aromatic heterocycles. The minimum absolute atomic E-state index is 0.133. The second-order valence-corrected chi connectivity index (χ2v) is 5.23. The van der Waals surface area contributed by atoms with Crippen LogP contribution < -0.4 is 10.5 Å². The summed E-state index contributed by atoms with van der Waals surface area (Å²) in [7, 11) is 0. The topological polar surface area (TPSA) is 35.2 Å². The number of benzene rings is 2. The van der Waals surface area contributed by atoms with Crippen molar-refractivity contribution in [2.45, 2.75) is 32.4 Å². The maximum Gasteiger partial charge on any atom is 0.126 e. The molecule has 21 heavy (non-hydrogen) atoms. The van der Waals surface area contributed by atoms with E-state index in [1.807, 2.05) is 31.2 Å². The normalized spacial score (nSPS) is 12.2. The number of ether oxygens (including phenoxy) is 1. The van der Waals surface area contributed by atoms with E-state index >= 15 is 0 Å². The van der Waals surface area contributed by atoms with Crippen LogP contribution in [0.3, 0.4) is 0 Å². The van der Waals surface area contributed by atoms with Gasteiger partial charge in [-0.15, -0.1) is 0 Å². The first kappa shape index (κ1) is 15.4. The van der Waals surface area contributed by atoms with E-state index in [0.29, 0.717) is 11.3 Å². The van der Waals surface area contributed by atoms with Crippen molar-refractivity contribution in [3.05, 3.63) is 65.2 Å². The Bertz CT molecular complexity index is 562. The second kappa shape index (κ2) is 7.18. The van der Waals surface area contributed by atoms with Crippen molar-refractivity contribution >= 4 is 0 Å². The zero-order valence-corrected chi connectivity index (χ0v) is 12.0. The summed E-state index contributed by atoms with van der Waals surface area (Å²) in [6.07, 6.45) is 1.86. The number of rotatable bonds is 6. The monoisotopic (exact) mass is 291 g/mol. The van der Waals surface area contributed by atoms with E-state index in [2.05, 4.69) is 0 Å². The third kappa shape index (κ3) is 5.16. The maximum atomic E-state index is 13.1. The van der Waals surface area contributed by atoms with Crippen LogP contribution in [-0.4, -0.2) is 6.04 Å². The highest BCUT2D eigenvalue weighted by Crippen LogP contribution is 2.16. The summed E-state index contributed by atoms with van der Waals surface area (Å²) in [5.74, 6) is -0.524. The predicted molar refractivity (Wildman–Crippen MR) is 79.1 cm³/mol. The van der Waals surface area contributed by atoms with E-state index in [9.17, 15) is 8.78 Å². The fourth-order valence-electron chi connectivity index (χ4n) is 2.01. The van der Waals surface area contributed by atoms with E-state index in [-0.39, 0.29) is 12.6 Å². The van der Waals surface area contributed by atoms with Crippen LogP contribution in [0.5, 0.6) is 5.75 Å². The summed E-state index contributed by atoms with van der Waals surface area (Å²) in [4.78, 5) is 0.